The molecular formula is C13H19FN2. The maximum Gasteiger partial charge on any atom is 0.123 e. The molecule has 0 radical (unpaired) electrons. The predicted octanol–water partition coefficient (Wildman–Crippen LogP) is 2.23. The first-order valence-corrected chi connectivity index (χ1v) is 5.98. The Hall–Kier alpha value is -0.930. The lowest BCUT2D eigenvalue weighted by Crippen LogP contribution is -2.35. The fraction of sp³-hybridized carbons (Fsp3) is 0.538. The highest BCUT2D eigenvalue weighted by atomic mass is 19.1. The van der Waals surface area contributed by atoms with Gasteiger partial charge in [0.1, 0.15) is 5.82 Å². The van der Waals surface area contributed by atoms with Gasteiger partial charge in [-0.15, -0.1) is 0 Å². The van der Waals surface area contributed by atoms with Crippen molar-refractivity contribution in [1.82, 2.24) is 10.6 Å². The zero-order valence-electron chi connectivity index (χ0n) is 9.67. The SMILES string of the molecule is CC(NCC1CCCN1)c1cccc(F)c1. The largest absolute Gasteiger partial charge is 0.313 e. The third-order valence-corrected chi connectivity index (χ3v) is 3.18. The van der Waals surface area contributed by atoms with E-state index in [1.54, 1.807) is 12.1 Å². The van der Waals surface area contributed by atoms with E-state index in [9.17, 15) is 4.39 Å². The van der Waals surface area contributed by atoms with Crippen LogP contribution < -0.4 is 10.6 Å². The summed E-state index contributed by atoms with van der Waals surface area (Å²) in [6.07, 6.45) is 2.50. The number of hydrogen-bond acceptors (Lipinski definition) is 2. The minimum absolute atomic E-state index is 0.162. The van der Waals surface area contributed by atoms with E-state index in [1.807, 2.05) is 6.07 Å². The molecule has 1 saturated heterocycles. The third-order valence-electron chi connectivity index (χ3n) is 3.18. The van der Waals surface area contributed by atoms with E-state index in [4.69, 9.17) is 0 Å². The summed E-state index contributed by atoms with van der Waals surface area (Å²) >= 11 is 0. The first-order valence-electron chi connectivity index (χ1n) is 5.98. The Balaban J connectivity index is 1.85. The summed E-state index contributed by atoms with van der Waals surface area (Å²) in [5, 5.41) is 6.88. The molecule has 3 heteroatoms. The van der Waals surface area contributed by atoms with Crippen molar-refractivity contribution in [3.05, 3.63) is 35.6 Å². The van der Waals surface area contributed by atoms with Crippen molar-refractivity contribution in [2.24, 2.45) is 0 Å². The molecule has 2 unspecified atom stereocenters. The lowest BCUT2D eigenvalue weighted by Gasteiger charge is -2.17. The standard InChI is InChI=1S/C13H19FN2/c1-10(11-4-2-5-12(14)8-11)16-9-13-6-3-7-15-13/h2,4-5,8,10,13,15-16H,3,6-7,9H2,1H3. The van der Waals surface area contributed by atoms with E-state index in [-0.39, 0.29) is 11.9 Å². The van der Waals surface area contributed by atoms with Crippen molar-refractivity contribution in [1.29, 1.82) is 0 Å². The van der Waals surface area contributed by atoms with Gasteiger partial charge in [0, 0.05) is 18.6 Å². The molecule has 88 valence electrons. The van der Waals surface area contributed by atoms with Gasteiger partial charge in [-0.2, -0.15) is 0 Å². The molecule has 2 atom stereocenters. The fourth-order valence-corrected chi connectivity index (χ4v) is 2.14. The van der Waals surface area contributed by atoms with Gasteiger partial charge < -0.3 is 10.6 Å². The van der Waals surface area contributed by atoms with Gasteiger partial charge in [0.25, 0.3) is 0 Å². The molecule has 2 nitrogen and oxygen atoms in total. The van der Waals surface area contributed by atoms with E-state index < -0.39 is 0 Å². The second kappa shape index (κ2) is 5.41. The Morgan fingerprint density at radius 2 is 2.44 bits per heavy atom. The minimum atomic E-state index is -0.162. The van der Waals surface area contributed by atoms with Crippen LogP contribution in [0.3, 0.4) is 0 Å². The number of halogens is 1. The minimum Gasteiger partial charge on any atom is -0.313 e. The molecule has 0 aromatic heterocycles. The molecule has 0 spiro atoms. The monoisotopic (exact) mass is 222 g/mol. The second-order valence-corrected chi connectivity index (χ2v) is 4.48. The zero-order chi connectivity index (χ0) is 11.4. The maximum absolute atomic E-state index is 13.0. The average Bonchev–Trinajstić information content (AvgIpc) is 2.78. The topological polar surface area (TPSA) is 24.1 Å². The molecular weight excluding hydrogens is 203 g/mol. The van der Waals surface area contributed by atoms with Crippen LogP contribution >= 0.6 is 0 Å². The van der Waals surface area contributed by atoms with Crippen molar-refractivity contribution in [2.45, 2.75) is 31.8 Å². The molecule has 0 amide bonds. The van der Waals surface area contributed by atoms with Crippen LogP contribution in [-0.4, -0.2) is 19.1 Å². The van der Waals surface area contributed by atoms with E-state index in [0.29, 0.717) is 6.04 Å². The number of benzene rings is 1. The summed E-state index contributed by atoms with van der Waals surface area (Å²) in [4.78, 5) is 0. The van der Waals surface area contributed by atoms with Gasteiger partial charge in [-0.05, 0) is 44.0 Å². The molecule has 0 bridgehead atoms. The molecule has 1 aromatic rings. The lowest BCUT2D eigenvalue weighted by atomic mass is 10.1. The van der Waals surface area contributed by atoms with Crippen LogP contribution in [0.1, 0.15) is 31.4 Å². The Kier molecular flexibility index (Phi) is 3.91. The highest BCUT2D eigenvalue weighted by Gasteiger charge is 2.14. The normalized spacial score (nSPS) is 22.2. The van der Waals surface area contributed by atoms with E-state index >= 15 is 0 Å². The van der Waals surface area contributed by atoms with Gasteiger partial charge >= 0.3 is 0 Å². The summed E-state index contributed by atoms with van der Waals surface area (Å²) < 4.78 is 13.0. The Bertz CT molecular complexity index is 334. The Morgan fingerprint density at radius 3 is 3.12 bits per heavy atom. The van der Waals surface area contributed by atoms with E-state index in [1.165, 1.54) is 18.9 Å². The van der Waals surface area contributed by atoms with Gasteiger partial charge in [0.05, 0.1) is 0 Å². The highest BCUT2D eigenvalue weighted by molar-refractivity contribution is 5.19. The van der Waals surface area contributed by atoms with Gasteiger partial charge in [-0.25, -0.2) is 4.39 Å². The van der Waals surface area contributed by atoms with Crippen LogP contribution in [0.4, 0.5) is 4.39 Å². The Labute approximate surface area is 96.2 Å². The summed E-state index contributed by atoms with van der Waals surface area (Å²) in [6.45, 7) is 4.15. The predicted molar refractivity (Wildman–Crippen MR) is 63.8 cm³/mol. The van der Waals surface area contributed by atoms with E-state index in [0.717, 1.165) is 18.7 Å². The van der Waals surface area contributed by atoms with Crippen LogP contribution in [0.15, 0.2) is 24.3 Å². The zero-order valence-corrected chi connectivity index (χ0v) is 9.67. The van der Waals surface area contributed by atoms with Crippen LogP contribution in [0.25, 0.3) is 0 Å². The summed E-state index contributed by atoms with van der Waals surface area (Å²) in [5.41, 5.74) is 1.01. The molecule has 1 heterocycles. The number of nitrogens with one attached hydrogen (secondary N) is 2. The van der Waals surface area contributed by atoms with Crippen LogP contribution in [0, 0.1) is 5.82 Å². The quantitative estimate of drug-likeness (QED) is 0.816. The molecule has 2 N–H and O–H groups in total. The van der Waals surface area contributed by atoms with Crippen LogP contribution in [-0.2, 0) is 0 Å². The second-order valence-electron chi connectivity index (χ2n) is 4.48. The van der Waals surface area contributed by atoms with Gasteiger partial charge in [0.15, 0.2) is 0 Å². The third kappa shape index (κ3) is 3.03. The average molecular weight is 222 g/mol. The molecule has 1 aromatic carbocycles. The van der Waals surface area contributed by atoms with Crippen LogP contribution in [0.5, 0.6) is 0 Å². The molecule has 0 aliphatic carbocycles. The smallest absolute Gasteiger partial charge is 0.123 e. The van der Waals surface area contributed by atoms with Crippen molar-refractivity contribution >= 4 is 0 Å². The summed E-state index contributed by atoms with van der Waals surface area (Å²) in [6, 6.07) is 7.59. The summed E-state index contributed by atoms with van der Waals surface area (Å²) in [5.74, 6) is -0.162. The maximum atomic E-state index is 13.0. The van der Waals surface area contributed by atoms with Gasteiger partial charge in [-0.3, -0.25) is 0 Å². The molecule has 1 fully saturated rings. The molecule has 1 aliphatic heterocycles. The first kappa shape index (κ1) is 11.6. The summed E-state index contributed by atoms with van der Waals surface area (Å²) in [7, 11) is 0. The fourth-order valence-electron chi connectivity index (χ4n) is 2.14. The van der Waals surface area contributed by atoms with E-state index in [2.05, 4.69) is 17.6 Å². The van der Waals surface area contributed by atoms with Crippen molar-refractivity contribution in [2.75, 3.05) is 13.1 Å². The van der Waals surface area contributed by atoms with Gasteiger partial charge in [-0.1, -0.05) is 12.1 Å². The highest BCUT2D eigenvalue weighted by Crippen LogP contribution is 2.14. The number of hydrogen-bond donors (Lipinski definition) is 2. The van der Waals surface area contributed by atoms with Crippen LogP contribution in [0.2, 0.25) is 0 Å². The molecule has 2 rings (SSSR count). The number of rotatable bonds is 4. The molecule has 0 saturated carbocycles. The Morgan fingerprint density at radius 1 is 1.56 bits per heavy atom. The first-order chi connectivity index (χ1) is 7.75. The molecule has 1 aliphatic rings. The van der Waals surface area contributed by atoms with Crippen molar-refractivity contribution in [3.8, 4) is 0 Å². The van der Waals surface area contributed by atoms with Crippen molar-refractivity contribution in [3.63, 3.8) is 0 Å². The lowest BCUT2D eigenvalue weighted by molar-refractivity contribution is 0.488. The van der Waals surface area contributed by atoms with Gasteiger partial charge in [0.2, 0.25) is 0 Å². The molecule has 16 heavy (non-hydrogen) atoms. The van der Waals surface area contributed by atoms with Crippen molar-refractivity contribution < 1.29 is 4.39 Å².